The number of allylic oxidation sites excluding steroid dienone is 1. The van der Waals surface area contributed by atoms with Crippen LogP contribution in [-0.2, 0) is 4.74 Å². The number of halogens is 1. The largest absolute Gasteiger partial charge is 0.444 e. The molecular weight excluding hydrogens is 276 g/mol. The van der Waals surface area contributed by atoms with Gasteiger partial charge < -0.3 is 9.64 Å². The molecule has 112 valence electrons. The van der Waals surface area contributed by atoms with Crippen molar-refractivity contribution in [3.8, 4) is 0 Å². The fourth-order valence-corrected chi connectivity index (χ4v) is 2.10. The lowest BCUT2D eigenvalue weighted by molar-refractivity contribution is 0.0260. The van der Waals surface area contributed by atoms with E-state index in [0.29, 0.717) is 24.5 Å². The van der Waals surface area contributed by atoms with Gasteiger partial charge in [-0.05, 0) is 46.6 Å². The fraction of sp³-hybridized carbons (Fsp3) is 0.600. The summed E-state index contributed by atoms with van der Waals surface area (Å²) >= 11 is 6.01. The zero-order valence-corrected chi connectivity index (χ0v) is 13.7. The number of ether oxygens (including phenoxy) is 1. The van der Waals surface area contributed by atoms with E-state index in [-0.39, 0.29) is 6.09 Å². The zero-order valence-electron chi connectivity index (χ0n) is 12.9. The first-order valence-electron chi connectivity index (χ1n) is 6.67. The SMILES string of the molecule is C=C(Cl)C1=C(N=C(C)C)CN(C(=O)OC(C)(C)C)CC1. The van der Waals surface area contributed by atoms with Gasteiger partial charge in [-0.3, -0.25) is 4.99 Å². The number of aliphatic imine (C=N–C) groups is 1. The summed E-state index contributed by atoms with van der Waals surface area (Å²) in [7, 11) is 0. The molecule has 1 aliphatic heterocycles. The monoisotopic (exact) mass is 298 g/mol. The van der Waals surface area contributed by atoms with Crippen molar-refractivity contribution < 1.29 is 9.53 Å². The molecule has 0 unspecified atom stereocenters. The summed E-state index contributed by atoms with van der Waals surface area (Å²) in [6, 6.07) is 0. The molecule has 0 aromatic rings. The highest BCUT2D eigenvalue weighted by molar-refractivity contribution is 6.31. The van der Waals surface area contributed by atoms with E-state index >= 15 is 0 Å². The molecule has 0 spiro atoms. The lowest BCUT2D eigenvalue weighted by atomic mass is 10.1. The van der Waals surface area contributed by atoms with Crippen LogP contribution < -0.4 is 0 Å². The summed E-state index contributed by atoms with van der Waals surface area (Å²) in [5.74, 6) is 0. The highest BCUT2D eigenvalue weighted by Gasteiger charge is 2.27. The Morgan fingerprint density at radius 1 is 1.40 bits per heavy atom. The second kappa shape index (κ2) is 6.44. The number of carbonyl (C=O) groups excluding carboxylic acids is 1. The summed E-state index contributed by atoms with van der Waals surface area (Å²) in [5, 5.41) is 0.494. The number of carbonyl (C=O) groups is 1. The molecule has 1 rings (SSSR count). The van der Waals surface area contributed by atoms with Gasteiger partial charge >= 0.3 is 6.09 Å². The topological polar surface area (TPSA) is 41.9 Å². The number of nitrogens with zero attached hydrogens (tertiary/aromatic N) is 2. The van der Waals surface area contributed by atoms with Gasteiger partial charge in [0.15, 0.2) is 0 Å². The number of rotatable bonds is 2. The first-order chi connectivity index (χ1) is 9.10. The molecule has 1 heterocycles. The Labute approximate surface area is 126 Å². The molecule has 0 radical (unpaired) electrons. The first kappa shape index (κ1) is 16.8. The van der Waals surface area contributed by atoms with Crippen LogP contribution in [0.25, 0.3) is 0 Å². The Kier molecular flexibility index (Phi) is 5.40. The van der Waals surface area contributed by atoms with Crippen LogP contribution in [0.3, 0.4) is 0 Å². The lowest BCUT2D eigenvalue weighted by Gasteiger charge is -2.31. The van der Waals surface area contributed by atoms with Crippen molar-refractivity contribution in [2.75, 3.05) is 13.1 Å². The quantitative estimate of drug-likeness (QED) is 0.720. The summed E-state index contributed by atoms with van der Waals surface area (Å²) in [6.45, 7) is 14.1. The molecule has 0 N–H and O–H groups in total. The van der Waals surface area contributed by atoms with E-state index < -0.39 is 5.60 Å². The summed E-state index contributed by atoms with van der Waals surface area (Å²) in [6.07, 6.45) is 0.325. The minimum absolute atomic E-state index is 0.321. The average molecular weight is 299 g/mol. The standard InChI is InChI=1S/C15H23ClN2O2/c1-10(2)17-13-9-18(8-7-12(13)11(3)16)14(19)20-15(4,5)6/h3,7-9H2,1-2,4-6H3. The van der Waals surface area contributed by atoms with Crippen molar-refractivity contribution in [2.45, 2.75) is 46.6 Å². The van der Waals surface area contributed by atoms with Gasteiger partial charge in [-0.1, -0.05) is 18.2 Å². The molecule has 0 aliphatic carbocycles. The molecule has 1 aliphatic rings. The van der Waals surface area contributed by atoms with E-state index in [1.54, 1.807) is 4.90 Å². The summed E-state index contributed by atoms with van der Waals surface area (Å²) in [4.78, 5) is 18.2. The number of hydrogen-bond acceptors (Lipinski definition) is 3. The Balaban J connectivity index is 2.92. The highest BCUT2D eigenvalue weighted by atomic mass is 35.5. The molecule has 1 amide bonds. The van der Waals surface area contributed by atoms with Crippen LogP contribution in [0, 0.1) is 0 Å². The van der Waals surface area contributed by atoms with Crippen molar-refractivity contribution >= 4 is 23.4 Å². The van der Waals surface area contributed by atoms with Gasteiger partial charge in [0.2, 0.25) is 0 Å². The number of hydrogen-bond donors (Lipinski definition) is 0. The molecule has 0 fully saturated rings. The molecule has 20 heavy (non-hydrogen) atoms. The maximum Gasteiger partial charge on any atom is 0.410 e. The Hall–Kier alpha value is -1.29. The van der Waals surface area contributed by atoms with Gasteiger partial charge in [0.25, 0.3) is 0 Å². The van der Waals surface area contributed by atoms with Crippen LogP contribution >= 0.6 is 11.6 Å². The molecule has 0 saturated heterocycles. The van der Waals surface area contributed by atoms with Crippen LogP contribution in [0.5, 0.6) is 0 Å². The van der Waals surface area contributed by atoms with Crippen LogP contribution in [0.4, 0.5) is 4.79 Å². The second-order valence-electron chi connectivity index (χ2n) is 6.04. The normalized spacial score (nSPS) is 16.0. The molecular formula is C15H23ClN2O2. The molecule has 0 bridgehead atoms. The van der Waals surface area contributed by atoms with Crippen LogP contribution in [-0.4, -0.2) is 35.4 Å². The molecule has 5 heteroatoms. The predicted molar refractivity (Wildman–Crippen MR) is 83.2 cm³/mol. The maximum atomic E-state index is 12.1. The van der Waals surface area contributed by atoms with Gasteiger partial charge in [0, 0.05) is 17.3 Å². The third-order valence-electron chi connectivity index (χ3n) is 2.66. The van der Waals surface area contributed by atoms with E-state index in [1.807, 2.05) is 34.6 Å². The number of amides is 1. The van der Waals surface area contributed by atoms with Crippen LogP contribution in [0.15, 0.2) is 27.9 Å². The van der Waals surface area contributed by atoms with Crippen molar-refractivity contribution in [1.82, 2.24) is 4.90 Å². The zero-order chi connectivity index (χ0) is 15.5. The van der Waals surface area contributed by atoms with Gasteiger partial charge in [-0.15, -0.1) is 0 Å². The van der Waals surface area contributed by atoms with E-state index in [9.17, 15) is 4.79 Å². The molecule has 0 saturated carbocycles. The molecule has 0 atom stereocenters. The smallest absolute Gasteiger partial charge is 0.410 e. The second-order valence-corrected chi connectivity index (χ2v) is 6.50. The van der Waals surface area contributed by atoms with Gasteiger partial charge in [-0.2, -0.15) is 0 Å². The van der Waals surface area contributed by atoms with Crippen LogP contribution in [0.2, 0.25) is 0 Å². The minimum atomic E-state index is -0.499. The van der Waals surface area contributed by atoms with Gasteiger partial charge in [-0.25, -0.2) is 4.79 Å². The first-order valence-corrected chi connectivity index (χ1v) is 7.04. The Morgan fingerprint density at radius 3 is 2.45 bits per heavy atom. The fourth-order valence-electron chi connectivity index (χ4n) is 1.89. The van der Waals surface area contributed by atoms with Crippen molar-refractivity contribution in [2.24, 2.45) is 4.99 Å². The third kappa shape index (κ3) is 5.00. The predicted octanol–water partition coefficient (Wildman–Crippen LogP) is 4.11. The van der Waals surface area contributed by atoms with E-state index in [0.717, 1.165) is 17.0 Å². The van der Waals surface area contributed by atoms with Crippen molar-refractivity contribution in [3.63, 3.8) is 0 Å². The molecule has 0 aromatic carbocycles. The lowest BCUT2D eigenvalue weighted by Crippen LogP contribution is -2.40. The van der Waals surface area contributed by atoms with E-state index in [2.05, 4.69) is 11.6 Å². The maximum absolute atomic E-state index is 12.1. The third-order valence-corrected chi connectivity index (χ3v) is 2.89. The van der Waals surface area contributed by atoms with E-state index in [1.165, 1.54) is 0 Å². The summed E-state index contributed by atoms with van der Waals surface area (Å²) < 4.78 is 5.39. The van der Waals surface area contributed by atoms with Crippen LogP contribution in [0.1, 0.15) is 41.0 Å². The van der Waals surface area contributed by atoms with Gasteiger partial charge in [0.1, 0.15) is 5.60 Å². The van der Waals surface area contributed by atoms with Gasteiger partial charge in [0.05, 0.1) is 12.2 Å². The molecule has 0 aromatic heterocycles. The summed E-state index contributed by atoms with van der Waals surface area (Å²) in [5.41, 5.74) is 2.14. The molecule has 4 nitrogen and oxygen atoms in total. The highest BCUT2D eigenvalue weighted by Crippen LogP contribution is 2.27. The Morgan fingerprint density at radius 2 is 2.00 bits per heavy atom. The van der Waals surface area contributed by atoms with Crippen molar-refractivity contribution in [1.29, 1.82) is 0 Å². The average Bonchev–Trinajstić information content (AvgIpc) is 2.25. The Bertz CT molecular complexity index is 469. The van der Waals surface area contributed by atoms with Crippen molar-refractivity contribution in [3.05, 3.63) is 22.9 Å². The van der Waals surface area contributed by atoms with E-state index in [4.69, 9.17) is 16.3 Å². The minimum Gasteiger partial charge on any atom is -0.444 e.